The van der Waals surface area contributed by atoms with E-state index in [1.165, 1.54) is 6.08 Å². The summed E-state index contributed by atoms with van der Waals surface area (Å²) in [5.41, 5.74) is 2.67. The molecule has 2 aliphatic heterocycles. The first-order valence-corrected chi connectivity index (χ1v) is 15.9. The summed E-state index contributed by atoms with van der Waals surface area (Å²) in [6.07, 6.45) is 2.30. The van der Waals surface area contributed by atoms with Gasteiger partial charge >= 0.3 is 6.01 Å². The Labute approximate surface area is 268 Å². The van der Waals surface area contributed by atoms with Crippen LogP contribution in [-0.4, -0.2) is 91.3 Å². The second kappa shape index (κ2) is 12.8. The maximum absolute atomic E-state index is 14.1. The molecule has 1 aromatic heterocycles. The maximum atomic E-state index is 14.1. The van der Waals surface area contributed by atoms with Crippen LogP contribution in [0.2, 0.25) is 5.02 Å². The van der Waals surface area contributed by atoms with Gasteiger partial charge in [-0.1, -0.05) is 42.4 Å². The first-order valence-electron chi connectivity index (χ1n) is 15.5. The molecule has 1 saturated carbocycles. The van der Waals surface area contributed by atoms with Crippen LogP contribution in [0.3, 0.4) is 0 Å². The fourth-order valence-corrected chi connectivity index (χ4v) is 7.53. The molecule has 0 unspecified atom stereocenters. The first-order chi connectivity index (χ1) is 21.7. The van der Waals surface area contributed by atoms with E-state index in [4.69, 9.17) is 26.3 Å². The zero-order valence-corrected chi connectivity index (χ0v) is 26.6. The second-order valence-electron chi connectivity index (χ2n) is 12.8. The molecule has 1 atom stereocenters. The summed E-state index contributed by atoms with van der Waals surface area (Å²) in [6, 6.07) is 14.4. The molecule has 2 fully saturated rings. The van der Waals surface area contributed by atoms with E-state index in [2.05, 4.69) is 45.5 Å². The third kappa shape index (κ3) is 6.29. The molecular weight excluding hydrogens is 593 g/mol. The van der Waals surface area contributed by atoms with E-state index in [0.717, 1.165) is 46.6 Å². The van der Waals surface area contributed by atoms with Crippen molar-refractivity contribution in [1.29, 1.82) is 5.26 Å². The quantitative estimate of drug-likeness (QED) is 0.304. The van der Waals surface area contributed by atoms with Crippen molar-refractivity contribution in [2.75, 3.05) is 63.2 Å². The van der Waals surface area contributed by atoms with E-state index in [1.54, 1.807) is 4.90 Å². The van der Waals surface area contributed by atoms with Crippen LogP contribution in [0.5, 0.6) is 6.01 Å². The second-order valence-corrected chi connectivity index (χ2v) is 13.2. The van der Waals surface area contributed by atoms with E-state index < -0.39 is 6.17 Å². The molecule has 45 heavy (non-hydrogen) atoms. The van der Waals surface area contributed by atoms with Crippen molar-refractivity contribution in [3.05, 3.63) is 65.3 Å². The van der Waals surface area contributed by atoms with Gasteiger partial charge < -0.3 is 24.3 Å². The van der Waals surface area contributed by atoms with Crippen molar-refractivity contribution in [2.45, 2.75) is 44.4 Å². The number of ether oxygens (including phenoxy) is 1. The third-order valence-electron chi connectivity index (χ3n) is 9.23. The standard InChI is InChI=1S/C34H39ClFN7O2/c1-4-30(44)43-16-15-42(19-25(43)11-13-37)32-26-12-14-41(29-10-6-8-23-7-5-9-27(35)31(23)29)20-28(26)38-33(39-32)45-22-34(21-40(2)3)17-24(36)18-34/h4-10,24-25H,1,11-12,14-22H2,2-3H3/t24?,25-,34?/m0/s1. The summed E-state index contributed by atoms with van der Waals surface area (Å²) < 4.78 is 20.4. The lowest BCUT2D eigenvalue weighted by atomic mass is 9.67. The smallest absolute Gasteiger partial charge is 0.318 e. The van der Waals surface area contributed by atoms with Crippen LogP contribution in [0.25, 0.3) is 10.8 Å². The van der Waals surface area contributed by atoms with Gasteiger partial charge in [-0.05, 0) is 57.0 Å². The minimum absolute atomic E-state index is 0.175. The van der Waals surface area contributed by atoms with Crippen molar-refractivity contribution in [3.63, 3.8) is 0 Å². The number of amides is 1. The number of carbonyl (C=O) groups excluding carboxylic acids is 1. The van der Waals surface area contributed by atoms with E-state index in [0.29, 0.717) is 57.1 Å². The van der Waals surface area contributed by atoms with Gasteiger partial charge in [0.15, 0.2) is 0 Å². The van der Waals surface area contributed by atoms with Gasteiger partial charge in [0.25, 0.3) is 0 Å². The molecule has 9 nitrogen and oxygen atoms in total. The molecule has 3 aliphatic rings. The summed E-state index contributed by atoms with van der Waals surface area (Å²) in [5, 5.41) is 12.3. The molecule has 3 heterocycles. The van der Waals surface area contributed by atoms with E-state index in [1.807, 2.05) is 32.3 Å². The van der Waals surface area contributed by atoms with Gasteiger partial charge in [0, 0.05) is 54.8 Å². The molecule has 1 aliphatic carbocycles. The number of benzene rings is 2. The Morgan fingerprint density at radius 1 is 1.20 bits per heavy atom. The molecule has 2 aromatic carbocycles. The molecule has 11 heteroatoms. The number of halogens is 2. The number of carbonyl (C=O) groups is 1. The number of aromatic nitrogens is 2. The highest BCUT2D eigenvalue weighted by molar-refractivity contribution is 6.36. The maximum Gasteiger partial charge on any atom is 0.318 e. The molecule has 0 spiro atoms. The largest absolute Gasteiger partial charge is 0.463 e. The SMILES string of the molecule is C=CC(=O)N1CCN(c2nc(OCC3(CN(C)C)CC(F)C3)nc3c2CCN(c2cccc4cccc(Cl)c24)C3)C[C@@H]1CC#N. The lowest BCUT2D eigenvalue weighted by Gasteiger charge is -2.45. The van der Waals surface area contributed by atoms with Crippen molar-refractivity contribution in [2.24, 2.45) is 5.41 Å². The monoisotopic (exact) mass is 631 g/mol. The number of nitriles is 1. The Morgan fingerprint density at radius 2 is 1.98 bits per heavy atom. The van der Waals surface area contributed by atoms with Crippen molar-refractivity contribution in [1.82, 2.24) is 19.8 Å². The Hall–Kier alpha value is -3.94. The number of piperazine rings is 1. The van der Waals surface area contributed by atoms with Crippen LogP contribution in [0, 0.1) is 16.7 Å². The lowest BCUT2D eigenvalue weighted by molar-refractivity contribution is -0.128. The summed E-state index contributed by atoms with van der Waals surface area (Å²) in [4.78, 5) is 30.7. The number of nitrogens with zero attached hydrogens (tertiary/aromatic N) is 7. The first kappa shape index (κ1) is 31.1. The van der Waals surface area contributed by atoms with Crippen LogP contribution in [0.1, 0.15) is 30.5 Å². The average molecular weight is 632 g/mol. The van der Waals surface area contributed by atoms with Gasteiger partial charge in [0.1, 0.15) is 12.0 Å². The lowest BCUT2D eigenvalue weighted by Crippen LogP contribution is -2.55. The summed E-state index contributed by atoms with van der Waals surface area (Å²) in [5.74, 6) is 0.601. The van der Waals surface area contributed by atoms with Gasteiger partial charge in [-0.2, -0.15) is 15.2 Å². The minimum atomic E-state index is -0.818. The normalized spacial score (nSPS) is 23.0. The summed E-state index contributed by atoms with van der Waals surface area (Å²) in [7, 11) is 3.98. The van der Waals surface area contributed by atoms with Gasteiger partial charge in [-0.3, -0.25) is 4.79 Å². The minimum Gasteiger partial charge on any atom is -0.463 e. The number of hydrogen-bond acceptors (Lipinski definition) is 8. The fourth-order valence-electron chi connectivity index (χ4n) is 7.26. The zero-order valence-electron chi connectivity index (χ0n) is 25.9. The van der Waals surface area contributed by atoms with Crippen molar-refractivity contribution in [3.8, 4) is 12.1 Å². The van der Waals surface area contributed by atoms with Gasteiger partial charge in [-0.25, -0.2) is 4.39 Å². The molecule has 0 radical (unpaired) electrons. The fraction of sp³-hybridized carbons (Fsp3) is 0.471. The predicted molar refractivity (Wildman–Crippen MR) is 174 cm³/mol. The van der Waals surface area contributed by atoms with Gasteiger partial charge in [0.05, 0.1) is 42.4 Å². The number of alkyl halides is 1. The molecule has 1 amide bonds. The molecule has 0 bridgehead atoms. The molecular formula is C34H39ClFN7O2. The predicted octanol–water partition coefficient (Wildman–Crippen LogP) is 5.02. The Balaban J connectivity index is 1.34. The number of fused-ring (bicyclic) bond motifs is 2. The van der Waals surface area contributed by atoms with Crippen LogP contribution in [0.15, 0.2) is 49.1 Å². The highest BCUT2D eigenvalue weighted by atomic mass is 35.5. The number of rotatable bonds is 9. The van der Waals surface area contributed by atoms with E-state index in [-0.39, 0.29) is 29.8 Å². The molecule has 1 saturated heterocycles. The van der Waals surface area contributed by atoms with Crippen LogP contribution >= 0.6 is 11.6 Å². The highest BCUT2D eigenvalue weighted by Crippen LogP contribution is 2.44. The Kier molecular flexibility index (Phi) is 8.85. The molecule has 0 N–H and O–H groups in total. The Bertz CT molecular complexity index is 1630. The van der Waals surface area contributed by atoms with Gasteiger partial charge in [0.2, 0.25) is 5.91 Å². The molecule has 6 rings (SSSR count). The van der Waals surface area contributed by atoms with Crippen LogP contribution < -0.4 is 14.5 Å². The molecule has 236 valence electrons. The highest BCUT2D eigenvalue weighted by Gasteiger charge is 2.46. The third-order valence-corrected chi connectivity index (χ3v) is 9.55. The zero-order chi connectivity index (χ0) is 31.7. The van der Waals surface area contributed by atoms with Crippen LogP contribution in [0.4, 0.5) is 15.9 Å². The topological polar surface area (TPSA) is 88.8 Å². The van der Waals surface area contributed by atoms with Crippen molar-refractivity contribution >= 4 is 39.8 Å². The van der Waals surface area contributed by atoms with E-state index in [9.17, 15) is 14.4 Å². The van der Waals surface area contributed by atoms with Crippen LogP contribution in [-0.2, 0) is 17.8 Å². The number of anilines is 2. The average Bonchev–Trinajstić information content (AvgIpc) is 3.01. The van der Waals surface area contributed by atoms with Gasteiger partial charge in [-0.15, -0.1) is 0 Å². The summed E-state index contributed by atoms with van der Waals surface area (Å²) in [6.45, 7) is 7.45. The summed E-state index contributed by atoms with van der Waals surface area (Å²) >= 11 is 6.70. The number of hydrogen-bond donors (Lipinski definition) is 0. The Morgan fingerprint density at radius 3 is 2.69 bits per heavy atom. The van der Waals surface area contributed by atoms with E-state index >= 15 is 0 Å². The van der Waals surface area contributed by atoms with Crippen molar-refractivity contribution < 1.29 is 13.9 Å². The molecule has 3 aromatic rings.